The van der Waals surface area contributed by atoms with Gasteiger partial charge in [-0.15, -0.1) is 0 Å². The second-order valence-electron chi connectivity index (χ2n) is 8.63. The van der Waals surface area contributed by atoms with Crippen LogP contribution >= 0.6 is 0 Å². The molecule has 2 aromatic rings. The van der Waals surface area contributed by atoms with Crippen LogP contribution in [0.25, 0.3) is 0 Å². The Morgan fingerprint density at radius 2 is 1.74 bits per heavy atom. The summed E-state index contributed by atoms with van der Waals surface area (Å²) < 4.78 is 10.8. The van der Waals surface area contributed by atoms with Crippen molar-refractivity contribution in [1.29, 1.82) is 0 Å². The summed E-state index contributed by atoms with van der Waals surface area (Å²) in [5.74, 6) is 0.0753. The standard InChI is InChI=1S/C26H34N4O5/c1-6-8-15-35-21-11-9-20(10-12-21)24(31)30-14-13-29(16-17(30)3)25(32)23-22(26(33)34-7-2)18(4)27-19(5)28-23/h9-12,17H,6-8,13-16H2,1-5H3. The molecule has 1 aliphatic heterocycles. The van der Waals surface area contributed by atoms with Gasteiger partial charge < -0.3 is 19.3 Å². The maximum Gasteiger partial charge on any atom is 0.342 e. The molecule has 1 unspecified atom stereocenters. The molecule has 1 aliphatic rings. The Labute approximate surface area is 206 Å². The van der Waals surface area contributed by atoms with E-state index in [1.165, 1.54) is 0 Å². The van der Waals surface area contributed by atoms with Gasteiger partial charge in [-0.2, -0.15) is 0 Å². The molecule has 0 radical (unpaired) electrons. The van der Waals surface area contributed by atoms with Gasteiger partial charge in [-0.05, 0) is 58.4 Å². The minimum atomic E-state index is -0.614. The van der Waals surface area contributed by atoms with Gasteiger partial charge in [0.15, 0.2) is 0 Å². The number of aryl methyl sites for hydroxylation is 2. The number of hydrogen-bond acceptors (Lipinski definition) is 7. The highest BCUT2D eigenvalue weighted by Gasteiger charge is 2.34. The van der Waals surface area contributed by atoms with E-state index in [1.807, 2.05) is 19.1 Å². The van der Waals surface area contributed by atoms with E-state index >= 15 is 0 Å². The van der Waals surface area contributed by atoms with Crippen LogP contribution in [0.5, 0.6) is 5.75 Å². The SMILES string of the molecule is CCCCOc1ccc(C(=O)N2CCN(C(=O)c3nc(C)nc(C)c3C(=O)OCC)CC2C)cc1. The van der Waals surface area contributed by atoms with Crippen LogP contribution in [0.1, 0.15) is 76.3 Å². The number of benzene rings is 1. The van der Waals surface area contributed by atoms with Gasteiger partial charge in [0.25, 0.3) is 11.8 Å². The van der Waals surface area contributed by atoms with Crippen molar-refractivity contribution < 1.29 is 23.9 Å². The van der Waals surface area contributed by atoms with E-state index in [2.05, 4.69) is 16.9 Å². The number of nitrogens with zero attached hydrogens (tertiary/aromatic N) is 4. The monoisotopic (exact) mass is 482 g/mol. The lowest BCUT2D eigenvalue weighted by atomic mass is 10.1. The Kier molecular flexibility index (Phi) is 8.78. The van der Waals surface area contributed by atoms with E-state index in [9.17, 15) is 14.4 Å². The topological polar surface area (TPSA) is 102 Å². The van der Waals surface area contributed by atoms with Crippen LogP contribution in [0, 0.1) is 13.8 Å². The summed E-state index contributed by atoms with van der Waals surface area (Å²) in [6.07, 6.45) is 2.04. The van der Waals surface area contributed by atoms with Gasteiger partial charge in [0.05, 0.1) is 18.9 Å². The molecule has 1 aromatic heterocycles. The molecule has 3 rings (SSSR count). The summed E-state index contributed by atoms with van der Waals surface area (Å²) >= 11 is 0. The molecule has 9 heteroatoms. The van der Waals surface area contributed by atoms with E-state index in [-0.39, 0.29) is 35.7 Å². The number of unbranched alkanes of at least 4 members (excludes halogenated alkanes) is 1. The number of ether oxygens (including phenoxy) is 2. The van der Waals surface area contributed by atoms with Crippen molar-refractivity contribution in [2.75, 3.05) is 32.8 Å². The van der Waals surface area contributed by atoms with Crippen LogP contribution in [-0.2, 0) is 4.74 Å². The molecule has 1 saturated heterocycles. The number of esters is 1. The van der Waals surface area contributed by atoms with E-state index in [0.717, 1.165) is 18.6 Å². The van der Waals surface area contributed by atoms with Crippen molar-refractivity contribution in [3.63, 3.8) is 0 Å². The number of hydrogen-bond donors (Lipinski definition) is 0. The fourth-order valence-electron chi connectivity index (χ4n) is 4.10. The smallest absolute Gasteiger partial charge is 0.342 e. The van der Waals surface area contributed by atoms with Gasteiger partial charge in [0.2, 0.25) is 0 Å². The second kappa shape index (κ2) is 11.8. The van der Waals surface area contributed by atoms with E-state index in [4.69, 9.17) is 9.47 Å². The van der Waals surface area contributed by atoms with Gasteiger partial charge in [0.1, 0.15) is 22.8 Å². The van der Waals surface area contributed by atoms with Gasteiger partial charge in [0, 0.05) is 31.2 Å². The van der Waals surface area contributed by atoms with Crippen molar-refractivity contribution in [3.8, 4) is 5.75 Å². The average Bonchev–Trinajstić information content (AvgIpc) is 2.83. The molecule has 9 nitrogen and oxygen atoms in total. The third kappa shape index (κ3) is 6.15. The summed E-state index contributed by atoms with van der Waals surface area (Å²) in [5, 5.41) is 0. The summed E-state index contributed by atoms with van der Waals surface area (Å²) in [4.78, 5) is 50.9. The Bertz CT molecular complexity index is 1070. The lowest BCUT2D eigenvalue weighted by Gasteiger charge is -2.40. The van der Waals surface area contributed by atoms with Crippen molar-refractivity contribution in [3.05, 3.63) is 52.6 Å². The predicted octanol–water partition coefficient (Wildman–Crippen LogP) is 3.44. The first-order valence-corrected chi connectivity index (χ1v) is 12.1. The Morgan fingerprint density at radius 1 is 1.03 bits per heavy atom. The number of amides is 2. The molecule has 0 bridgehead atoms. The molecule has 1 fully saturated rings. The Balaban J connectivity index is 1.71. The van der Waals surface area contributed by atoms with Crippen LogP contribution in [0.3, 0.4) is 0 Å². The zero-order chi connectivity index (χ0) is 25.5. The normalized spacial score (nSPS) is 15.6. The van der Waals surface area contributed by atoms with Crippen LogP contribution < -0.4 is 4.74 Å². The lowest BCUT2D eigenvalue weighted by Crippen LogP contribution is -2.55. The highest BCUT2D eigenvalue weighted by molar-refractivity contribution is 6.04. The summed E-state index contributed by atoms with van der Waals surface area (Å²) in [6.45, 7) is 10.9. The number of aromatic nitrogens is 2. The van der Waals surface area contributed by atoms with Crippen LogP contribution in [-0.4, -0.2) is 76.4 Å². The van der Waals surface area contributed by atoms with Crippen molar-refractivity contribution in [2.45, 2.75) is 53.5 Å². The zero-order valence-corrected chi connectivity index (χ0v) is 21.2. The quantitative estimate of drug-likeness (QED) is 0.420. The summed E-state index contributed by atoms with van der Waals surface area (Å²) in [7, 11) is 0. The third-order valence-electron chi connectivity index (χ3n) is 5.93. The Hall–Kier alpha value is -3.49. The molecule has 2 amide bonds. The number of carbonyl (C=O) groups excluding carboxylic acids is 3. The summed E-state index contributed by atoms with van der Waals surface area (Å²) in [5.41, 5.74) is 1.11. The average molecular weight is 483 g/mol. The predicted molar refractivity (Wildman–Crippen MR) is 131 cm³/mol. The molecule has 1 atom stereocenters. The molecule has 0 spiro atoms. The number of rotatable bonds is 8. The van der Waals surface area contributed by atoms with Crippen LogP contribution in [0.4, 0.5) is 0 Å². The highest BCUT2D eigenvalue weighted by atomic mass is 16.5. The van der Waals surface area contributed by atoms with Crippen molar-refractivity contribution in [2.24, 2.45) is 0 Å². The van der Waals surface area contributed by atoms with Crippen LogP contribution in [0.15, 0.2) is 24.3 Å². The van der Waals surface area contributed by atoms with E-state index < -0.39 is 5.97 Å². The fraction of sp³-hybridized carbons (Fsp3) is 0.500. The molecule has 0 aliphatic carbocycles. The van der Waals surface area contributed by atoms with Gasteiger partial charge >= 0.3 is 5.97 Å². The van der Waals surface area contributed by atoms with Crippen molar-refractivity contribution in [1.82, 2.24) is 19.8 Å². The second-order valence-corrected chi connectivity index (χ2v) is 8.63. The van der Waals surface area contributed by atoms with Gasteiger partial charge in [-0.1, -0.05) is 13.3 Å². The molecular weight excluding hydrogens is 448 g/mol. The van der Waals surface area contributed by atoms with E-state index in [0.29, 0.717) is 43.3 Å². The van der Waals surface area contributed by atoms with E-state index in [1.54, 1.807) is 42.7 Å². The third-order valence-corrected chi connectivity index (χ3v) is 5.93. The molecule has 35 heavy (non-hydrogen) atoms. The first kappa shape index (κ1) is 26.1. The number of carbonyl (C=O) groups is 3. The fourth-order valence-corrected chi connectivity index (χ4v) is 4.10. The zero-order valence-electron chi connectivity index (χ0n) is 21.2. The maximum absolute atomic E-state index is 13.4. The Morgan fingerprint density at radius 3 is 2.37 bits per heavy atom. The molecule has 1 aromatic carbocycles. The minimum absolute atomic E-state index is 0.0408. The number of piperazine rings is 1. The molecule has 0 N–H and O–H groups in total. The highest BCUT2D eigenvalue weighted by Crippen LogP contribution is 2.21. The van der Waals surface area contributed by atoms with Crippen molar-refractivity contribution >= 4 is 17.8 Å². The first-order chi connectivity index (χ1) is 16.8. The molecular formula is C26H34N4O5. The molecule has 188 valence electrons. The summed E-state index contributed by atoms with van der Waals surface area (Å²) in [6, 6.07) is 6.95. The van der Waals surface area contributed by atoms with Gasteiger partial charge in [-0.25, -0.2) is 14.8 Å². The molecule has 2 heterocycles. The largest absolute Gasteiger partial charge is 0.494 e. The first-order valence-electron chi connectivity index (χ1n) is 12.1. The van der Waals surface area contributed by atoms with Gasteiger partial charge in [-0.3, -0.25) is 9.59 Å². The maximum atomic E-state index is 13.4. The molecule has 0 saturated carbocycles. The lowest BCUT2D eigenvalue weighted by molar-refractivity contribution is 0.0406. The minimum Gasteiger partial charge on any atom is -0.494 e. The van der Waals surface area contributed by atoms with Crippen LogP contribution in [0.2, 0.25) is 0 Å².